The number of imidazole rings is 1. The third-order valence-corrected chi connectivity index (χ3v) is 9.00. The summed E-state index contributed by atoms with van der Waals surface area (Å²) < 4.78 is 2.19. The number of aromatic amines is 1. The molecule has 11 nitrogen and oxygen atoms in total. The number of hydrogen-bond acceptors (Lipinski definition) is 7. The van der Waals surface area contributed by atoms with E-state index in [1.807, 2.05) is 19.3 Å². The second-order valence-electron chi connectivity index (χ2n) is 11.6. The maximum Gasteiger partial charge on any atom is 0.318 e. The number of aryl methyl sites for hydroxylation is 1. The van der Waals surface area contributed by atoms with Gasteiger partial charge in [-0.05, 0) is 70.8 Å². The van der Waals surface area contributed by atoms with Crippen molar-refractivity contribution >= 4 is 23.6 Å². The summed E-state index contributed by atoms with van der Waals surface area (Å²) in [4.78, 5) is 29.5. The average molecular weight is 517 g/mol. The quantitative estimate of drug-likeness (QED) is 0.401. The maximum absolute atomic E-state index is 13.8. The molecule has 0 radical (unpaired) electrons. The Hall–Kier alpha value is -3.63. The molecule has 3 aromatic rings. The van der Waals surface area contributed by atoms with E-state index >= 15 is 0 Å². The second kappa shape index (κ2) is 9.59. The molecule has 8 rings (SSSR count). The summed E-state index contributed by atoms with van der Waals surface area (Å²) in [6, 6.07) is 5.50. The van der Waals surface area contributed by atoms with E-state index in [0.29, 0.717) is 23.9 Å². The van der Waals surface area contributed by atoms with Gasteiger partial charge in [0.25, 0.3) is 0 Å². The van der Waals surface area contributed by atoms with E-state index in [4.69, 9.17) is 0 Å². The lowest BCUT2D eigenvalue weighted by molar-refractivity contribution is 0.111. The molecule has 2 unspecified atom stereocenters. The van der Waals surface area contributed by atoms with Gasteiger partial charge in [-0.1, -0.05) is 0 Å². The van der Waals surface area contributed by atoms with Crippen LogP contribution in [0.1, 0.15) is 81.1 Å². The minimum Gasteiger partial charge on any atom is -0.351 e. The first-order valence-electron chi connectivity index (χ1n) is 14.1. The van der Waals surface area contributed by atoms with Crippen molar-refractivity contribution in [2.75, 3.05) is 10.6 Å². The van der Waals surface area contributed by atoms with Crippen LogP contribution in [-0.4, -0.2) is 64.8 Å². The van der Waals surface area contributed by atoms with Gasteiger partial charge in [-0.15, -0.1) is 0 Å². The maximum atomic E-state index is 13.8. The number of fused-ring (bicyclic) bond motifs is 2. The van der Waals surface area contributed by atoms with Crippen molar-refractivity contribution in [3.63, 3.8) is 0 Å². The fourth-order valence-corrected chi connectivity index (χ4v) is 6.88. The van der Waals surface area contributed by atoms with Crippen LogP contribution in [0.5, 0.6) is 0 Å². The Morgan fingerprint density at radius 1 is 1.00 bits per heavy atom. The normalized spacial score (nSPS) is 30.3. The summed E-state index contributed by atoms with van der Waals surface area (Å²) in [7, 11) is 0. The number of anilines is 3. The SMILES string of the molecule is Cc1cn(C2CC(NC(=O)N3C4CCC(CC4)Nc4nccc(n4)Nc4cc([nH]n4)C4CCC3C4)C2)cn1. The van der Waals surface area contributed by atoms with Crippen molar-refractivity contribution in [2.24, 2.45) is 0 Å². The molecular formula is C27H36N10O. The molecule has 8 bridgehead atoms. The van der Waals surface area contributed by atoms with Crippen LogP contribution in [0.4, 0.5) is 22.4 Å². The molecule has 3 aliphatic carbocycles. The summed E-state index contributed by atoms with van der Waals surface area (Å²) in [5, 5.41) is 18.0. The highest BCUT2D eigenvalue weighted by Crippen LogP contribution is 2.40. The zero-order chi connectivity index (χ0) is 25.6. The third-order valence-electron chi connectivity index (χ3n) is 9.00. The molecule has 5 heterocycles. The van der Waals surface area contributed by atoms with Crippen molar-refractivity contribution < 1.29 is 4.79 Å². The Bertz CT molecular complexity index is 1290. The molecule has 3 fully saturated rings. The number of rotatable bonds is 2. The van der Waals surface area contributed by atoms with Gasteiger partial charge in [-0.3, -0.25) is 5.10 Å². The monoisotopic (exact) mass is 516 g/mol. The van der Waals surface area contributed by atoms with Gasteiger partial charge >= 0.3 is 6.03 Å². The van der Waals surface area contributed by atoms with E-state index in [9.17, 15) is 4.79 Å². The van der Waals surface area contributed by atoms with Crippen molar-refractivity contribution in [1.29, 1.82) is 0 Å². The van der Waals surface area contributed by atoms with Crippen LogP contribution in [0, 0.1) is 6.92 Å². The largest absolute Gasteiger partial charge is 0.351 e. The molecule has 0 saturated heterocycles. The number of hydrogen-bond donors (Lipinski definition) is 4. The van der Waals surface area contributed by atoms with E-state index in [-0.39, 0.29) is 24.2 Å². The van der Waals surface area contributed by atoms with E-state index in [0.717, 1.165) is 80.8 Å². The van der Waals surface area contributed by atoms with Gasteiger partial charge in [0.1, 0.15) is 5.82 Å². The lowest BCUT2D eigenvalue weighted by Crippen LogP contribution is -2.56. The average Bonchev–Trinajstić information content (AvgIpc) is 3.64. The second-order valence-corrected chi connectivity index (χ2v) is 11.6. The molecule has 2 amide bonds. The molecule has 3 saturated carbocycles. The smallest absolute Gasteiger partial charge is 0.318 e. The lowest BCUT2D eigenvalue weighted by Gasteiger charge is -2.43. The molecule has 4 N–H and O–H groups in total. The number of nitrogens with one attached hydrogen (secondary N) is 4. The molecule has 5 aliphatic rings. The zero-order valence-electron chi connectivity index (χ0n) is 21.8. The highest BCUT2D eigenvalue weighted by molar-refractivity contribution is 5.75. The Morgan fingerprint density at radius 2 is 1.84 bits per heavy atom. The van der Waals surface area contributed by atoms with Gasteiger partial charge < -0.3 is 25.4 Å². The fourth-order valence-electron chi connectivity index (χ4n) is 6.88. The highest BCUT2D eigenvalue weighted by Gasteiger charge is 2.40. The van der Waals surface area contributed by atoms with E-state index in [1.165, 1.54) is 0 Å². The van der Waals surface area contributed by atoms with E-state index < -0.39 is 0 Å². The van der Waals surface area contributed by atoms with Crippen LogP contribution in [0.3, 0.4) is 0 Å². The van der Waals surface area contributed by atoms with Gasteiger partial charge in [0.2, 0.25) is 5.95 Å². The number of aromatic nitrogens is 6. The van der Waals surface area contributed by atoms with Gasteiger partial charge in [0.15, 0.2) is 5.82 Å². The van der Waals surface area contributed by atoms with E-state index in [1.54, 1.807) is 6.20 Å². The third kappa shape index (κ3) is 4.58. The number of nitrogens with zero attached hydrogens (tertiary/aromatic N) is 6. The van der Waals surface area contributed by atoms with Crippen LogP contribution in [-0.2, 0) is 0 Å². The number of H-pyrrole nitrogens is 1. The van der Waals surface area contributed by atoms with E-state index in [2.05, 4.69) is 62.8 Å². The molecule has 0 spiro atoms. The standard InChI is InChI=1S/C27H36N10O/c1-16-14-36(15-29-16)22-11-19(12-22)31-27(38)37-20-6-3-18(4-7-20)30-26-28-9-8-24(33-26)32-25-13-23(34-35-25)17-2-5-21(37)10-17/h8-9,13-15,17-22H,2-7,10-12H2,1H3,(H,31,38)(H3,28,30,32,33,34,35). The minimum absolute atomic E-state index is 0.112. The van der Waals surface area contributed by atoms with Gasteiger partial charge in [0.05, 0.1) is 12.0 Å². The molecule has 3 aromatic heterocycles. The first-order chi connectivity index (χ1) is 18.6. The Morgan fingerprint density at radius 3 is 2.66 bits per heavy atom. The Balaban J connectivity index is 1.09. The number of carbonyl (C=O) groups excluding carboxylic acids is 1. The van der Waals surface area contributed by atoms with Crippen LogP contribution >= 0.6 is 0 Å². The summed E-state index contributed by atoms with van der Waals surface area (Å²) in [5.41, 5.74) is 2.16. The van der Waals surface area contributed by atoms with Crippen LogP contribution in [0.15, 0.2) is 30.9 Å². The van der Waals surface area contributed by atoms with Gasteiger partial charge in [0, 0.05) is 60.3 Å². The Labute approximate surface area is 222 Å². The molecule has 11 heteroatoms. The minimum atomic E-state index is 0.112. The van der Waals surface area contributed by atoms with Gasteiger partial charge in [-0.25, -0.2) is 14.8 Å². The molecule has 2 atom stereocenters. The topological polar surface area (TPSA) is 129 Å². The van der Waals surface area contributed by atoms with Crippen molar-refractivity contribution in [2.45, 2.75) is 101 Å². The van der Waals surface area contributed by atoms with Crippen molar-refractivity contribution in [3.05, 3.63) is 42.2 Å². The molecule has 2 aliphatic heterocycles. The van der Waals surface area contributed by atoms with Crippen LogP contribution in [0.2, 0.25) is 0 Å². The Kier molecular flexibility index (Phi) is 5.93. The molecule has 200 valence electrons. The van der Waals surface area contributed by atoms with Crippen LogP contribution in [0.25, 0.3) is 0 Å². The number of amides is 2. The molecule has 38 heavy (non-hydrogen) atoms. The summed E-state index contributed by atoms with van der Waals surface area (Å²) in [6.07, 6.45) is 14.7. The molecular weight excluding hydrogens is 480 g/mol. The first-order valence-corrected chi connectivity index (χ1v) is 14.1. The predicted octanol–water partition coefficient (Wildman–Crippen LogP) is 4.24. The summed E-state index contributed by atoms with van der Waals surface area (Å²) in [6.45, 7) is 2.02. The fraction of sp³-hybridized carbons (Fsp3) is 0.593. The molecule has 0 aromatic carbocycles. The summed E-state index contributed by atoms with van der Waals surface area (Å²) >= 11 is 0. The lowest BCUT2D eigenvalue weighted by atomic mass is 9.86. The first kappa shape index (κ1) is 23.5. The summed E-state index contributed by atoms with van der Waals surface area (Å²) in [5.74, 6) is 2.48. The van der Waals surface area contributed by atoms with Crippen molar-refractivity contribution in [1.82, 2.24) is 39.9 Å². The number of urea groups is 1. The zero-order valence-corrected chi connectivity index (χ0v) is 21.8. The van der Waals surface area contributed by atoms with Crippen LogP contribution < -0.4 is 16.0 Å². The van der Waals surface area contributed by atoms with Gasteiger partial charge in [-0.2, -0.15) is 10.1 Å². The van der Waals surface area contributed by atoms with Crippen molar-refractivity contribution in [3.8, 4) is 0 Å². The predicted molar refractivity (Wildman–Crippen MR) is 143 cm³/mol. The highest BCUT2D eigenvalue weighted by atomic mass is 16.2. The number of carbonyl (C=O) groups is 1.